The largest absolute Gasteiger partial charge is 0.481 e. The Morgan fingerprint density at radius 2 is 1.89 bits per heavy atom. The number of hydrogen-bond acceptors (Lipinski definition) is 12. The highest BCUT2D eigenvalue weighted by atomic mass is 79.9. The molecule has 63 heavy (non-hydrogen) atoms. The Bertz CT molecular complexity index is 2310. The lowest BCUT2D eigenvalue weighted by Crippen LogP contribution is -2.63. The van der Waals surface area contributed by atoms with Gasteiger partial charge in [0.1, 0.15) is 12.6 Å². The molecule has 4 aliphatic carbocycles. The average molecular weight is 977 g/mol. The van der Waals surface area contributed by atoms with Gasteiger partial charge in [-0.2, -0.15) is 0 Å². The third-order valence-corrected chi connectivity index (χ3v) is 15.9. The van der Waals surface area contributed by atoms with Crippen LogP contribution in [0.25, 0.3) is 0 Å². The number of phosphoric ester groups is 1. The van der Waals surface area contributed by atoms with Gasteiger partial charge < -0.3 is 45.4 Å². The third kappa shape index (κ3) is 9.31. The summed E-state index contributed by atoms with van der Waals surface area (Å²) in [5.74, 6) is -4.16. The van der Waals surface area contributed by atoms with E-state index in [-0.39, 0.29) is 48.1 Å². The van der Waals surface area contributed by atoms with Gasteiger partial charge in [-0.3, -0.25) is 33.3 Å². The molecule has 7 rings (SSSR count). The van der Waals surface area contributed by atoms with Crippen LogP contribution in [0.15, 0.2) is 54.1 Å². The van der Waals surface area contributed by atoms with Crippen molar-refractivity contribution in [3.8, 4) is 0 Å². The highest BCUT2D eigenvalue weighted by molar-refractivity contribution is 9.09. The summed E-state index contributed by atoms with van der Waals surface area (Å²) >= 11 is 4.38. The van der Waals surface area contributed by atoms with Crippen LogP contribution in [0.1, 0.15) is 79.5 Å². The number of benzene rings is 1. The summed E-state index contributed by atoms with van der Waals surface area (Å²) in [6.45, 7) is 4.50. The molecular formula is C43H51BrN3O14PS. The molecule has 0 bridgehead atoms. The molecule has 0 radical (unpaired) electrons. The van der Waals surface area contributed by atoms with Crippen LogP contribution in [0.2, 0.25) is 0 Å². The molecule has 2 heterocycles. The highest BCUT2D eigenvalue weighted by Gasteiger charge is 2.76. The summed E-state index contributed by atoms with van der Waals surface area (Å²) < 4.78 is 30.2. The van der Waals surface area contributed by atoms with E-state index >= 15 is 0 Å². The second-order valence-electron chi connectivity index (χ2n) is 17.5. The molecule has 3 saturated carbocycles. The molecule has 3 amide bonds. The lowest BCUT2D eigenvalue weighted by molar-refractivity contribution is -0.200. The van der Waals surface area contributed by atoms with Crippen LogP contribution in [-0.4, -0.2) is 97.6 Å². The fourth-order valence-electron chi connectivity index (χ4n) is 11.0. The first-order valence-electron chi connectivity index (χ1n) is 20.7. The summed E-state index contributed by atoms with van der Waals surface area (Å²) in [5, 5.41) is 28.9. The summed E-state index contributed by atoms with van der Waals surface area (Å²) in [6, 6.07) is 7.75. The van der Waals surface area contributed by atoms with Crippen molar-refractivity contribution in [3.05, 3.63) is 75.0 Å². The molecular weight excluding hydrogens is 925 g/mol. The number of anilines is 1. The van der Waals surface area contributed by atoms with Crippen molar-refractivity contribution in [1.82, 2.24) is 10.6 Å². The summed E-state index contributed by atoms with van der Waals surface area (Å²) in [7, 11) is -5.05. The van der Waals surface area contributed by atoms with Crippen molar-refractivity contribution in [3.63, 3.8) is 0 Å². The zero-order valence-corrected chi connectivity index (χ0v) is 38.1. The first-order chi connectivity index (χ1) is 29.7. The Morgan fingerprint density at radius 1 is 1.13 bits per heavy atom. The molecule has 340 valence electrons. The fourth-order valence-corrected chi connectivity index (χ4v) is 12.7. The minimum atomic E-state index is -5.05. The predicted molar refractivity (Wildman–Crippen MR) is 230 cm³/mol. The van der Waals surface area contributed by atoms with Gasteiger partial charge in [0.2, 0.25) is 17.7 Å². The number of phosphoric acid groups is 1. The number of alkyl halides is 1. The van der Waals surface area contributed by atoms with E-state index in [9.17, 15) is 53.3 Å². The van der Waals surface area contributed by atoms with Crippen molar-refractivity contribution in [2.24, 2.45) is 28.6 Å². The number of thiophene rings is 1. The molecule has 0 unspecified atom stereocenters. The van der Waals surface area contributed by atoms with Crippen LogP contribution in [0.5, 0.6) is 0 Å². The molecule has 4 fully saturated rings. The number of carboxylic acid groups (broad SMARTS) is 1. The molecule has 20 heteroatoms. The van der Waals surface area contributed by atoms with Crippen LogP contribution >= 0.6 is 35.1 Å². The minimum absolute atomic E-state index is 0.0218. The first kappa shape index (κ1) is 47.1. The number of carbonyl (C=O) groups is 6. The second-order valence-corrected chi connectivity index (χ2v) is 20.5. The number of fused-ring (bicyclic) bond motifs is 7. The molecule has 2 aromatic rings. The standard InChI is InChI=1S/C43H51BrN3O14PS/c1-22-13-27(15-23-5-4-6-25(14-23)46-39(55)30(9-10-36(53)54)47-35(52)20-45-34(51)19-44)63-38(22)40-60-33-17-29-28-8-7-24-16-26(48)11-12-41(24,2)37(28)31(49)18-42(29,3)43(33,61-40)32(50)21-59-62(56,57)58/h4-6,11-14,16,28-31,33,37,40,49H,7-10,15,17-21H2,1-3H3,(H,45,51)(H,46,55)(H,47,52)(H,53,54)(H2,56,57,58)/t28-,29-,30-,31-,33+,37+,40+,41-,42-,43+/m0/s1. The predicted octanol–water partition coefficient (Wildman–Crippen LogP) is 4.17. The van der Waals surface area contributed by atoms with E-state index in [4.69, 9.17) is 14.0 Å². The Morgan fingerprint density at radius 3 is 2.60 bits per heavy atom. The maximum absolute atomic E-state index is 14.5. The van der Waals surface area contributed by atoms with Gasteiger partial charge in [0.15, 0.2) is 23.5 Å². The fraction of sp³-hybridized carbons (Fsp3) is 0.535. The zero-order chi connectivity index (χ0) is 45.6. The molecule has 1 aromatic heterocycles. The first-order valence-corrected chi connectivity index (χ1v) is 24.2. The number of aliphatic hydroxyl groups is 1. The molecule has 7 N–H and O–H groups in total. The third-order valence-electron chi connectivity index (χ3n) is 13.7. The van der Waals surface area contributed by atoms with Gasteiger partial charge in [0, 0.05) is 40.2 Å². The zero-order valence-electron chi connectivity index (χ0n) is 34.8. The summed E-state index contributed by atoms with van der Waals surface area (Å²) in [6.07, 6.45) is 4.03. The smallest absolute Gasteiger partial charge is 0.470 e. The van der Waals surface area contributed by atoms with Gasteiger partial charge in [-0.1, -0.05) is 53.6 Å². The van der Waals surface area contributed by atoms with Crippen LogP contribution in [-0.2, 0) is 53.8 Å². The number of aliphatic carboxylic acids is 1. The lowest BCUT2D eigenvalue weighted by Gasteiger charge is -2.59. The van der Waals surface area contributed by atoms with Crippen LogP contribution in [0.3, 0.4) is 0 Å². The highest BCUT2D eigenvalue weighted by Crippen LogP contribution is 2.71. The molecule has 5 aliphatic rings. The SMILES string of the molecule is Cc1cc(Cc2cccc(NC(=O)[C@H](CCC(=O)O)NC(=O)CNC(=O)CBr)c2)sc1[C@@H]1O[C@@H]2C[C@H]3[C@@H]4CCC5=CC(=O)C=C[C@]5(C)[C@H]4[C@@H](O)C[C@]3(C)[C@]2(C(=O)COP(=O)(O)O)O1. The van der Waals surface area contributed by atoms with Crippen LogP contribution in [0, 0.1) is 35.5 Å². The number of allylic oxidation sites excluding steroid dienone is 4. The number of carbonyl (C=O) groups excluding carboxylic acids is 5. The maximum Gasteiger partial charge on any atom is 0.470 e. The van der Waals surface area contributed by atoms with E-state index < -0.39 is 91.4 Å². The Hall–Kier alpha value is -3.91. The number of carboxylic acids is 1. The van der Waals surface area contributed by atoms with Crippen molar-refractivity contribution in [2.75, 3.05) is 23.8 Å². The maximum atomic E-state index is 14.5. The van der Waals surface area contributed by atoms with Gasteiger partial charge in [-0.15, -0.1) is 11.3 Å². The quantitative estimate of drug-likeness (QED) is 0.0921. The number of hydrogen-bond donors (Lipinski definition) is 7. The van der Waals surface area contributed by atoms with E-state index in [0.29, 0.717) is 36.2 Å². The molecule has 1 aliphatic heterocycles. The van der Waals surface area contributed by atoms with Crippen molar-refractivity contribution < 1.29 is 67.3 Å². The van der Waals surface area contributed by atoms with E-state index in [1.165, 1.54) is 11.3 Å². The van der Waals surface area contributed by atoms with Crippen LogP contribution in [0.4, 0.5) is 5.69 Å². The van der Waals surface area contributed by atoms with Crippen molar-refractivity contribution in [1.29, 1.82) is 0 Å². The number of aliphatic hydroxyl groups excluding tert-OH is 1. The van der Waals surface area contributed by atoms with Gasteiger partial charge in [0.25, 0.3) is 0 Å². The number of halogens is 1. The Balaban J connectivity index is 1.09. The van der Waals surface area contributed by atoms with Gasteiger partial charge in [-0.05, 0) is 92.3 Å². The number of nitrogens with one attached hydrogen (secondary N) is 3. The second kappa shape index (κ2) is 18.2. The number of aryl methyl sites for hydroxylation is 1. The van der Waals surface area contributed by atoms with Gasteiger partial charge >= 0.3 is 13.8 Å². The minimum Gasteiger partial charge on any atom is -0.481 e. The summed E-state index contributed by atoms with van der Waals surface area (Å²) in [5.41, 5.74) is -0.320. The Labute approximate surface area is 375 Å². The Kier molecular flexibility index (Phi) is 13.6. The number of Topliss-reactive ketones (excluding diaryl/α,β-unsaturated/α-hetero) is 1. The topological polar surface area (TPSA) is 264 Å². The van der Waals surface area contributed by atoms with E-state index in [2.05, 4.69) is 31.9 Å². The van der Waals surface area contributed by atoms with E-state index in [0.717, 1.165) is 21.6 Å². The number of rotatable bonds is 16. The summed E-state index contributed by atoms with van der Waals surface area (Å²) in [4.78, 5) is 96.3. The van der Waals surface area contributed by atoms with Gasteiger partial charge in [-0.25, -0.2) is 4.57 Å². The number of amides is 3. The lowest BCUT2D eigenvalue weighted by atomic mass is 9.46. The van der Waals surface area contributed by atoms with Crippen molar-refractivity contribution >= 4 is 76.0 Å². The van der Waals surface area contributed by atoms with Gasteiger partial charge in [0.05, 0.1) is 29.0 Å². The number of ether oxygens (including phenoxy) is 2. The normalized spacial score (nSPS) is 31.2. The molecule has 0 spiro atoms. The monoisotopic (exact) mass is 975 g/mol. The molecule has 1 aromatic carbocycles. The average Bonchev–Trinajstić information content (AvgIpc) is 3.85. The van der Waals surface area contributed by atoms with E-state index in [1.54, 1.807) is 30.4 Å². The molecule has 1 saturated heterocycles. The van der Waals surface area contributed by atoms with Crippen LogP contribution < -0.4 is 16.0 Å². The number of ketones is 2. The van der Waals surface area contributed by atoms with E-state index in [1.807, 2.05) is 39.0 Å². The van der Waals surface area contributed by atoms with Crippen molar-refractivity contribution in [2.45, 2.75) is 95.9 Å². The molecule has 10 atom stereocenters. The molecule has 17 nitrogen and oxygen atoms in total.